The van der Waals surface area contributed by atoms with Crippen LogP contribution in [0.5, 0.6) is 0 Å². The number of ketones is 1. The van der Waals surface area contributed by atoms with Crippen molar-refractivity contribution in [2.24, 2.45) is 5.41 Å². The molecule has 0 unspecified atom stereocenters. The molecule has 0 radical (unpaired) electrons. The van der Waals surface area contributed by atoms with Gasteiger partial charge in [0, 0.05) is 11.5 Å². The molecule has 1 aliphatic rings. The van der Waals surface area contributed by atoms with Crippen molar-refractivity contribution in [2.45, 2.75) is 65.5 Å². The molecule has 1 fully saturated rings. The molecular weight excluding hydrogens is 388 g/mol. The first-order valence-corrected chi connectivity index (χ1v) is 11.2. The molecule has 0 saturated heterocycles. The van der Waals surface area contributed by atoms with E-state index < -0.39 is 11.5 Å². The Balaban J connectivity index is 1.84. The molecule has 1 aliphatic carbocycles. The molecule has 5 nitrogen and oxygen atoms in total. The lowest BCUT2D eigenvalue weighted by atomic mass is 9.91. The number of benzene rings is 2. The van der Waals surface area contributed by atoms with Gasteiger partial charge in [-0.1, -0.05) is 82.5 Å². The third kappa shape index (κ3) is 6.58. The van der Waals surface area contributed by atoms with E-state index in [0.29, 0.717) is 12.6 Å². The lowest BCUT2D eigenvalue weighted by molar-refractivity contribution is -0.129. The molecule has 1 saturated carbocycles. The Labute approximate surface area is 185 Å². The number of Topliss-reactive ketones (excluding diaryl/α,β-unsaturated/α-hetero) is 1. The SMILES string of the molecule is CC(C)(C)C(=O)COC(=O)N(Cc1ccccc1)c1ccccc1NC1CCCCC1. The molecule has 3 rings (SSSR count). The highest BCUT2D eigenvalue weighted by Gasteiger charge is 2.26. The zero-order chi connectivity index (χ0) is 22.3. The quantitative estimate of drug-likeness (QED) is 0.578. The third-order valence-electron chi connectivity index (χ3n) is 5.73. The fraction of sp³-hybridized carbons (Fsp3) is 0.462. The van der Waals surface area contributed by atoms with Gasteiger partial charge in [-0.25, -0.2) is 4.79 Å². The number of rotatable bonds is 7. The molecule has 0 heterocycles. The molecule has 31 heavy (non-hydrogen) atoms. The van der Waals surface area contributed by atoms with Gasteiger partial charge in [-0.15, -0.1) is 0 Å². The van der Waals surface area contributed by atoms with E-state index in [9.17, 15) is 9.59 Å². The number of nitrogens with one attached hydrogen (secondary N) is 1. The number of carbonyl (C=O) groups excluding carboxylic acids is 2. The van der Waals surface area contributed by atoms with E-state index in [2.05, 4.69) is 5.32 Å². The van der Waals surface area contributed by atoms with Crippen molar-refractivity contribution in [1.82, 2.24) is 0 Å². The van der Waals surface area contributed by atoms with Crippen molar-refractivity contribution < 1.29 is 14.3 Å². The topological polar surface area (TPSA) is 58.6 Å². The van der Waals surface area contributed by atoms with E-state index in [4.69, 9.17) is 4.74 Å². The zero-order valence-electron chi connectivity index (χ0n) is 18.9. The van der Waals surface area contributed by atoms with Crippen LogP contribution in [-0.2, 0) is 16.1 Å². The number of nitrogens with zero attached hydrogens (tertiary/aromatic N) is 1. The Bertz CT molecular complexity index is 868. The molecule has 0 bridgehead atoms. The molecule has 1 amide bonds. The normalized spacial score (nSPS) is 14.7. The molecule has 5 heteroatoms. The number of hydrogen-bond acceptors (Lipinski definition) is 4. The second kappa shape index (κ2) is 10.5. The van der Waals surface area contributed by atoms with E-state index in [0.717, 1.165) is 29.8 Å². The van der Waals surface area contributed by atoms with Crippen LogP contribution in [0.1, 0.15) is 58.4 Å². The van der Waals surface area contributed by atoms with E-state index >= 15 is 0 Å². The summed E-state index contributed by atoms with van der Waals surface area (Å²) >= 11 is 0. The minimum Gasteiger partial charge on any atom is -0.441 e. The molecule has 2 aromatic carbocycles. The molecule has 166 valence electrons. The molecule has 2 aromatic rings. The Morgan fingerprint density at radius 2 is 1.61 bits per heavy atom. The Morgan fingerprint density at radius 1 is 0.968 bits per heavy atom. The third-order valence-corrected chi connectivity index (χ3v) is 5.73. The first-order valence-electron chi connectivity index (χ1n) is 11.2. The lowest BCUT2D eigenvalue weighted by Gasteiger charge is -2.29. The van der Waals surface area contributed by atoms with Gasteiger partial charge in [-0.3, -0.25) is 9.69 Å². The Kier molecular flexibility index (Phi) is 7.72. The summed E-state index contributed by atoms with van der Waals surface area (Å²) in [6, 6.07) is 18.1. The molecule has 1 N–H and O–H groups in total. The van der Waals surface area contributed by atoms with Gasteiger partial charge in [0.05, 0.1) is 17.9 Å². The molecular formula is C26H34N2O3. The summed E-state index contributed by atoms with van der Waals surface area (Å²) in [5, 5.41) is 3.64. The van der Waals surface area contributed by atoms with E-state index in [1.165, 1.54) is 19.3 Å². The predicted octanol–water partition coefficient (Wildman–Crippen LogP) is 6.19. The number of carbonyl (C=O) groups is 2. The number of hydrogen-bond donors (Lipinski definition) is 1. The van der Waals surface area contributed by atoms with E-state index in [1.807, 2.05) is 75.4 Å². The summed E-state index contributed by atoms with van der Waals surface area (Å²) in [5.41, 5.74) is 2.13. The fourth-order valence-electron chi connectivity index (χ4n) is 3.73. The van der Waals surface area contributed by atoms with Crippen LogP contribution in [-0.4, -0.2) is 24.5 Å². The summed E-state index contributed by atoms with van der Waals surface area (Å²) in [7, 11) is 0. The number of anilines is 2. The summed E-state index contributed by atoms with van der Waals surface area (Å²) < 4.78 is 5.47. The first-order chi connectivity index (χ1) is 14.8. The largest absolute Gasteiger partial charge is 0.441 e. The van der Waals surface area contributed by atoms with Gasteiger partial charge in [0.15, 0.2) is 12.4 Å². The van der Waals surface area contributed by atoms with Gasteiger partial charge in [0.25, 0.3) is 0 Å². The van der Waals surface area contributed by atoms with Crippen LogP contribution in [0.4, 0.5) is 16.2 Å². The van der Waals surface area contributed by atoms with Gasteiger partial charge in [0.2, 0.25) is 0 Å². The van der Waals surface area contributed by atoms with Crippen LogP contribution in [0.2, 0.25) is 0 Å². The van der Waals surface area contributed by atoms with Crippen molar-refractivity contribution in [3.63, 3.8) is 0 Å². The van der Waals surface area contributed by atoms with Crippen LogP contribution in [0.25, 0.3) is 0 Å². The molecule has 0 atom stereocenters. The Morgan fingerprint density at radius 3 is 2.29 bits per heavy atom. The molecule has 0 aromatic heterocycles. The standard InChI is InChI=1S/C26H34N2O3/c1-26(2,3)24(29)19-31-25(30)28(18-20-12-6-4-7-13-20)23-17-11-10-16-22(23)27-21-14-8-5-9-15-21/h4,6-7,10-13,16-17,21,27H,5,8-9,14-15,18-19H2,1-3H3. The molecule has 0 spiro atoms. The zero-order valence-corrected chi connectivity index (χ0v) is 18.9. The maximum Gasteiger partial charge on any atom is 0.415 e. The van der Waals surface area contributed by atoms with E-state index in [1.54, 1.807) is 4.90 Å². The van der Waals surface area contributed by atoms with Crippen LogP contribution >= 0.6 is 0 Å². The summed E-state index contributed by atoms with van der Waals surface area (Å²) in [6.45, 7) is 5.62. The smallest absolute Gasteiger partial charge is 0.415 e. The lowest BCUT2D eigenvalue weighted by Crippen LogP contribution is -2.35. The van der Waals surface area contributed by atoms with Gasteiger partial charge < -0.3 is 10.1 Å². The van der Waals surface area contributed by atoms with Crippen molar-refractivity contribution in [1.29, 1.82) is 0 Å². The summed E-state index contributed by atoms with van der Waals surface area (Å²) in [4.78, 5) is 27.1. The highest BCUT2D eigenvalue weighted by Crippen LogP contribution is 2.31. The van der Waals surface area contributed by atoms with Crippen LogP contribution in [0.3, 0.4) is 0 Å². The highest BCUT2D eigenvalue weighted by atomic mass is 16.6. The Hall–Kier alpha value is -2.82. The summed E-state index contributed by atoms with van der Waals surface area (Å²) in [5.74, 6) is -0.103. The van der Waals surface area contributed by atoms with Crippen molar-refractivity contribution >= 4 is 23.3 Å². The predicted molar refractivity (Wildman–Crippen MR) is 125 cm³/mol. The average Bonchev–Trinajstić information content (AvgIpc) is 2.77. The van der Waals surface area contributed by atoms with Crippen LogP contribution in [0, 0.1) is 5.41 Å². The fourth-order valence-corrected chi connectivity index (χ4v) is 3.73. The first kappa shape index (κ1) is 22.9. The monoisotopic (exact) mass is 422 g/mol. The van der Waals surface area contributed by atoms with Crippen molar-refractivity contribution in [3.05, 3.63) is 60.2 Å². The van der Waals surface area contributed by atoms with Crippen molar-refractivity contribution in [2.75, 3.05) is 16.8 Å². The maximum atomic E-state index is 13.1. The van der Waals surface area contributed by atoms with Gasteiger partial charge in [-0.2, -0.15) is 0 Å². The second-order valence-electron chi connectivity index (χ2n) is 9.30. The van der Waals surface area contributed by atoms with Gasteiger partial charge in [-0.05, 0) is 30.5 Å². The minimum atomic E-state index is -0.551. The van der Waals surface area contributed by atoms with E-state index in [-0.39, 0.29) is 12.4 Å². The maximum absolute atomic E-state index is 13.1. The average molecular weight is 423 g/mol. The summed E-state index contributed by atoms with van der Waals surface area (Å²) in [6.07, 6.45) is 5.50. The minimum absolute atomic E-state index is 0.103. The van der Waals surface area contributed by atoms with Crippen molar-refractivity contribution in [3.8, 4) is 0 Å². The van der Waals surface area contributed by atoms with Gasteiger partial charge >= 0.3 is 6.09 Å². The second-order valence-corrected chi connectivity index (χ2v) is 9.30. The number of para-hydroxylation sites is 2. The molecule has 0 aliphatic heterocycles. The number of ether oxygens (including phenoxy) is 1. The highest BCUT2D eigenvalue weighted by molar-refractivity contribution is 5.94. The van der Waals surface area contributed by atoms with Gasteiger partial charge in [0.1, 0.15) is 0 Å². The van der Waals surface area contributed by atoms with Crippen LogP contribution in [0.15, 0.2) is 54.6 Å². The van der Waals surface area contributed by atoms with Crippen LogP contribution < -0.4 is 10.2 Å². The number of amides is 1.